The van der Waals surface area contributed by atoms with Crippen LogP contribution < -0.4 is 9.62 Å². The smallest absolute Gasteiger partial charge is 0.265 e. The topological polar surface area (TPSA) is 79.6 Å². The van der Waals surface area contributed by atoms with E-state index in [0.717, 1.165) is 18.2 Å². The van der Waals surface area contributed by atoms with Gasteiger partial charge in [0.1, 0.15) is 17.6 Å². The normalized spacial score (nSPS) is 18.6. The summed E-state index contributed by atoms with van der Waals surface area (Å²) in [6.45, 7) is 0. The van der Waals surface area contributed by atoms with Crippen molar-refractivity contribution in [2.24, 2.45) is 0 Å². The standard InChI is InChI=1S/C23H18ClFN2O4S/c24-15-13-14(10-11-16(15)25)32(29,30)27-19-7-2-1-5-17(19)26-18-6-3-8-20(28)22(18)23(27)21-9-4-12-31-21/h1-2,4-5,7,9-13,23,26H,3,6,8H2/t23-/m1/s1. The molecule has 164 valence electrons. The molecule has 3 aromatic rings. The minimum atomic E-state index is -4.29. The number of Topliss-reactive ketones (excluding diaryl/α,β-unsaturated/α-hetero) is 1. The number of allylic oxidation sites excluding steroid dienone is 1. The minimum Gasteiger partial charge on any atom is -0.467 e. The Hall–Kier alpha value is -3.10. The van der Waals surface area contributed by atoms with Crippen LogP contribution in [0.4, 0.5) is 15.8 Å². The zero-order valence-corrected chi connectivity index (χ0v) is 18.3. The Morgan fingerprint density at radius 1 is 1.09 bits per heavy atom. The number of nitrogens with one attached hydrogen (secondary N) is 1. The molecule has 0 radical (unpaired) electrons. The molecule has 0 saturated carbocycles. The predicted octanol–water partition coefficient (Wildman–Crippen LogP) is 5.44. The van der Waals surface area contributed by atoms with Crippen LogP contribution in [0.2, 0.25) is 5.02 Å². The van der Waals surface area contributed by atoms with Crippen molar-refractivity contribution >= 4 is 38.8 Å². The number of para-hydroxylation sites is 2. The number of anilines is 2. The zero-order chi connectivity index (χ0) is 22.5. The summed E-state index contributed by atoms with van der Waals surface area (Å²) in [5.74, 6) is -0.563. The molecular weight excluding hydrogens is 455 g/mol. The molecule has 32 heavy (non-hydrogen) atoms. The summed E-state index contributed by atoms with van der Waals surface area (Å²) in [7, 11) is -4.29. The third-order valence-electron chi connectivity index (χ3n) is 5.65. The maximum absolute atomic E-state index is 14.0. The van der Waals surface area contributed by atoms with Crippen molar-refractivity contribution < 1.29 is 22.0 Å². The molecule has 0 unspecified atom stereocenters. The van der Waals surface area contributed by atoms with Gasteiger partial charge in [-0.3, -0.25) is 4.79 Å². The number of carbonyl (C=O) groups excluding carboxylic acids is 1. The molecule has 9 heteroatoms. The maximum atomic E-state index is 14.0. The number of ketones is 1. The van der Waals surface area contributed by atoms with E-state index in [2.05, 4.69) is 5.32 Å². The second kappa shape index (κ2) is 7.79. The van der Waals surface area contributed by atoms with Gasteiger partial charge in [-0.2, -0.15) is 0 Å². The van der Waals surface area contributed by atoms with E-state index in [9.17, 15) is 17.6 Å². The molecule has 0 fully saturated rings. The lowest BCUT2D eigenvalue weighted by molar-refractivity contribution is -0.116. The van der Waals surface area contributed by atoms with Gasteiger partial charge in [-0.25, -0.2) is 17.1 Å². The van der Waals surface area contributed by atoms with Gasteiger partial charge in [-0.05, 0) is 55.3 Å². The first-order valence-corrected chi connectivity index (χ1v) is 11.8. The monoisotopic (exact) mass is 472 g/mol. The second-order valence-electron chi connectivity index (χ2n) is 7.61. The highest BCUT2D eigenvalue weighted by Crippen LogP contribution is 2.47. The van der Waals surface area contributed by atoms with Crippen molar-refractivity contribution in [2.75, 3.05) is 9.62 Å². The molecular formula is C23H18ClFN2O4S. The molecule has 0 amide bonds. The Kier molecular flexibility index (Phi) is 5.06. The lowest BCUT2D eigenvalue weighted by Gasteiger charge is -2.33. The maximum Gasteiger partial charge on any atom is 0.265 e. The number of sulfonamides is 1. The van der Waals surface area contributed by atoms with E-state index in [1.165, 1.54) is 10.6 Å². The van der Waals surface area contributed by atoms with Crippen LogP contribution in [-0.2, 0) is 14.8 Å². The third-order valence-corrected chi connectivity index (χ3v) is 7.72. The van der Waals surface area contributed by atoms with Gasteiger partial charge in [-0.15, -0.1) is 0 Å². The fourth-order valence-corrected chi connectivity index (χ4v) is 6.11. The fraction of sp³-hybridized carbons (Fsp3) is 0.174. The molecule has 1 aliphatic heterocycles. The van der Waals surface area contributed by atoms with Crippen molar-refractivity contribution in [1.29, 1.82) is 0 Å². The van der Waals surface area contributed by atoms with Gasteiger partial charge in [0, 0.05) is 17.7 Å². The summed E-state index contributed by atoms with van der Waals surface area (Å²) in [5, 5.41) is 2.97. The Balaban J connectivity index is 1.82. The van der Waals surface area contributed by atoms with E-state index in [1.807, 2.05) is 0 Å². The van der Waals surface area contributed by atoms with Crippen molar-refractivity contribution in [3.8, 4) is 0 Å². The number of furan rings is 1. The molecule has 1 N–H and O–H groups in total. The molecule has 0 spiro atoms. The number of rotatable bonds is 3. The number of hydrogen-bond acceptors (Lipinski definition) is 5. The SMILES string of the molecule is O=C1CCCC2=C1[C@@H](c1ccco1)N(S(=O)(=O)c1ccc(F)c(Cl)c1)c1ccccc1N2. The van der Waals surface area contributed by atoms with Gasteiger partial charge in [-0.1, -0.05) is 23.7 Å². The Morgan fingerprint density at radius 2 is 1.91 bits per heavy atom. The summed E-state index contributed by atoms with van der Waals surface area (Å²) in [6, 6.07) is 12.4. The summed E-state index contributed by atoms with van der Waals surface area (Å²) in [5.41, 5.74) is 1.90. The Bertz CT molecular complexity index is 1350. The predicted molar refractivity (Wildman–Crippen MR) is 118 cm³/mol. The molecule has 6 nitrogen and oxygen atoms in total. The number of hydrogen-bond donors (Lipinski definition) is 1. The van der Waals surface area contributed by atoms with Gasteiger partial charge < -0.3 is 9.73 Å². The summed E-state index contributed by atoms with van der Waals surface area (Å²) >= 11 is 5.91. The highest BCUT2D eigenvalue weighted by atomic mass is 35.5. The van der Waals surface area contributed by atoms with E-state index in [-0.39, 0.29) is 15.7 Å². The minimum absolute atomic E-state index is 0.148. The number of fused-ring (bicyclic) bond motifs is 1. The molecule has 1 aromatic heterocycles. The molecule has 0 saturated heterocycles. The molecule has 1 atom stereocenters. The van der Waals surface area contributed by atoms with Gasteiger partial charge >= 0.3 is 0 Å². The summed E-state index contributed by atoms with van der Waals surface area (Å²) < 4.78 is 48.6. The highest BCUT2D eigenvalue weighted by Gasteiger charge is 2.43. The molecule has 5 rings (SSSR count). The second-order valence-corrected chi connectivity index (χ2v) is 9.83. The first-order valence-electron chi connectivity index (χ1n) is 10.0. The van der Waals surface area contributed by atoms with Crippen LogP contribution in [0, 0.1) is 5.82 Å². The van der Waals surface area contributed by atoms with E-state index < -0.39 is 21.9 Å². The molecule has 2 heterocycles. The Labute approximate surface area is 189 Å². The van der Waals surface area contributed by atoms with Gasteiger partial charge in [0.25, 0.3) is 10.0 Å². The van der Waals surface area contributed by atoms with Crippen molar-refractivity contribution in [2.45, 2.75) is 30.2 Å². The van der Waals surface area contributed by atoms with Crippen molar-refractivity contribution in [1.82, 2.24) is 0 Å². The first-order chi connectivity index (χ1) is 15.4. The van der Waals surface area contributed by atoms with Crippen LogP contribution in [0.3, 0.4) is 0 Å². The summed E-state index contributed by atoms with van der Waals surface area (Å²) in [6.07, 6.45) is 3.01. The number of nitrogens with zero attached hydrogens (tertiary/aromatic N) is 1. The Morgan fingerprint density at radius 3 is 2.66 bits per heavy atom. The number of carbonyl (C=O) groups is 1. The first kappa shape index (κ1) is 20.8. The molecule has 2 aromatic carbocycles. The zero-order valence-electron chi connectivity index (χ0n) is 16.7. The lowest BCUT2D eigenvalue weighted by atomic mass is 9.89. The largest absolute Gasteiger partial charge is 0.467 e. The fourth-order valence-electron chi connectivity index (χ4n) is 4.22. The van der Waals surface area contributed by atoms with Crippen LogP contribution in [-0.4, -0.2) is 14.2 Å². The van der Waals surface area contributed by atoms with Gasteiger partial charge in [0.05, 0.1) is 27.6 Å². The highest BCUT2D eigenvalue weighted by molar-refractivity contribution is 7.92. The van der Waals surface area contributed by atoms with Gasteiger partial charge in [0.15, 0.2) is 5.78 Å². The molecule has 0 bridgehead atoms. The van der Waals surface area contributed by atoms with Gasteiger partial charge in [0.2, 0.25) is 0 Å². The van der Waals surface area contributed by atoms with Crippen LogP contribution in [0.15, 0.2) is 81.4 Å². The van der Waals surface area contributed by atoms with Crippen LogP contribution in [0.25, 0.3) is 0 Å². The van der Waals surface area contributed by atoms with Crippen molar-refractivity contribution in [3.63, 3.8) is 0 Å². The molecule has 2 aliphatic rings. The number of benzene rings is 2. The summed E-state index contributed by atoms with van der Waals surface area (Å²) in [4.78, 5) is 12.9. The van der Waals surface area contributed by atoms with Crippen molar-refractivity contribution in [3.05, 3.63) is 88.7 Å². The lowest BCUT2D eigenvalue weighted by Crippen LogP contribution is -2.37. The van der Waals surface area contributed by atoms with E-state index in [0.29, 0.717) is 47.7 Å². The molecule has 1 aliphatic carbocycles. The van der Waals surface area contributed by atoms with E-state index >= 15 is 0 Å². The van der Waals surface area contributed by atoms with Crippen LogP contribution in [0.5, 0.6) is 0 Å². The van der Waals surface area contributed by atoms with E-state index in [4.69, 9.17) is 16.0 Å². The van der Waals surface area contributed by atoms with E-state index in [1.54, 1.807) is 36.4 Å². The quantitative estimate of drug-likeness (QED) is 0.549. The van der Waals surface area contributed by atoms with Crippen LogP contribution in [0.1, 0.15) is 31.1 Å². The average Bonchev–Trinajstić information content (AvgIpc) is 3.24. The average molecular weight is 473 g/mol. The number of halogens is 2. The third kappa shape index (κ3) is 3.30. The van der Waals surface area contributed by atoms with Crippen LogP contribution >= 0.6 is 11.6 Å².